The predicted octanol–water partition coefficient (Wildman–Crippen LogP) is 6.00. The summed E-state index contributed by atoms with van der Waals surface area (Å²) in [6, 6.07) is 13.6. The van der Waals surface area contributed by atoms with E-state index in [0.29, 0.717) is 39.2 Å². The highest BCUT2D eigenvalue weighted by Crippen LogP contribution is 2.39. The van der Waals surface area contributed by atoms with Crippen LogP contribution >= 0.6 is 0 Å². The number of carboxylic acids is 1. The number of aryl methyl sites for hydroxylation is 2. The van der Waals surface area contributed by atoms with Gasteiger partial charge in [0.25, 0.3) is 6.43 Å². The van der Waals surface area contributed by atoms with E-state index in [1.54, 1.807) is 50.6 Å². The second kappa shape index (κ2) is 10.8. The Morgan fingerprint density at radius 1 is 1.05 bits per heavy atom. The van der Waals surface area contributed by atoms with E-state index in [2.05, 4.69) is 15.0 Å². The second-order valence-corrected chi connectivity index (χ2v) is 10.3. The zero-order valence-electron chi connectivity index (χ0n) is 23.2. The van der Waals surface area contributed by atoms with Crippen LogP contribution in [0.3, 0.4) is 0 Å². The molecular weight excluding hydrogens is 549 g/mol. The van der Waals surface area contributed by atoms with Crippen molar-refractivity contribution in [1.29, 1.82) is 0 Å². The maximum Gasteiger partial charge on any atom is 0.313 e. The number of nitrogen functional groups attached to an aromatic ring is 1. The number of hydrogen-bond acceptors (Lipinski definition) is 7. The summed E-state index contributed by atoms with van der Waals surface area (Å²) < 4.78 is 49.1. The number of rotatable bonds is 8. The number of carboxylic acid groups (broad SMARTS) is 1. The summed E-state index contributed by atoms with van der Waals surface area (Å²) in [4.78, 5) is 29.2. The van der Waals surface area contributed by atoms with Gasteiger partial charge in [0.15, 0.2) is 0 Å². The highest BCUT2D eigenvalue weighted by molar-refractivity contribution is 5.89. The van der Waals surface area contributed by atoms with Crippen molar-refractivity contribution < 1.29 is 27.8 Å². The van der Waals surface area contributed by atoms with Gasteiger partial charge in [-0.05, 0) is 74.4 Å². The monoisotopic (exact) mass is 576 g/mol. The van der Waals surface area contributed by atoms with Crippen LogP contribution in [0, 0.1) is 12.7 Å². The smallest absolute Gasteiger partial charge is 0.313 e. The molecule has 0 amide bonds. The fraction of sp³-hybridized carbons (Fsp3) is 0.233. The van der Waals surface area contributed by atoms with Crippen LogP contribution in [-0.2, 0) is 23.9 Å². The molecule has 42 heavy (non-hydrogen) atoms. The first-order valence-corrected chi connectivity index (χ1v) is 12.9. The molecular formula is C30H27F3N6O3. The number of pyridine rings is 1. The van der Waals surface area contributed by atoms with Gasteiger partial charge in [0.2, 0.25) is 11.8 Å². The molecule has 12 heteroatoms. The Morgan fingerprint density at radius 2 is 1.76 bits per heavy atom. The van der Waals surface area contributed by atoms with Gasteiger partial charge in [-0.3, -0.25) is 9.78 Å². The molecule has 0 atom stereocenters. The third-order valence-corrected chi connectivity index (χ3v) is 7.05. The maximum absolute atomic E-state index is 13.7. The zero-order valence-corrected chi connectivity index (χ0v) is 23.2. The molecule has 0 saturated heterocycles. The molecule has 3 heterocycles. The predicted molar refractivity (Wildman–Crippen MR) is 150 cm³/mol. The molecule has 0 spiro atoms. The fourth-order valence-electron chi connectivity index (χ4n) is 4.73. The van der Waals surface area contributed by atoms with Crippen LogP contribution in [0.4, 0.5) is 19.1 Å². The summed E-state index contributed by atoms with van der Waals surface area (Å²) in [5.74, 6) is -1.17. The Labute approximate surface area is 238 Å². The van der Waals surface area contributed by atoms with Crippen molar-refractivity contribution in [2.75, 3.05) is 5.73 Å². The van der Waals surface area contributed by atoms with Gasteiger partial charge in [-0.15, -0.1) is 0 Å². The Hall–Kier alpha value is -5.00. The molecule has 3 aromatic heterocycles. The minimum absolute atomic E-state index is 0.00853. The number of fused-ring (bicyclic) bond motifs is 1. The molecule has 0 aliphatic heterocycles. The first-order chi connectivity index (χ1) is 19.9. The standard InChI is InChI=1S/C30H27F3N6O3/c1-15-12-17(13-20(35-15)26(32)33)23-24(16-8-10-18(31)11-9-16)37-29(34)38-27(23)42-14-22-36-25-19(30(2,3)28(40)41)6-5-7-21(25)39(22)4/h5-13,26H,14H2,1-4H3,(H,40,41)(H2,34,37,38). The van der Waals surface area contributed by atoms with Crippen LogP contribution in [0.1, 0.15) is 43.0 Å². The molecule has 0 bridgehead atoms. The zero-order chi connectivity index (χ0) is 30.3. The lowest BCUT2D eigenvalue weighted by Gasteiger charge is -2.19. The first-order valence-electron chi connectivity index (χ1n) is 12.9. The molecule has 0 aliphatic rings. The van der Waals surface area contributed by atoms with Crippen LogP contribution in [0.15, 0.2) is 54.6 Å². The largest absolute Gasteiger partial charge is 0.481 e. The Kier molecular flexibility index (Phi) is 7.31. The average Bonchev–Trinajstić information content (AvgIpc) is 3.26. The number of alkyl halides is 2. The van der Waals surface area contributed by atoms with Gasteiger partial charge < -0.3 is 20.1 Å². The van der Waals surface area contributed by atoms with Crippen molar-refractivity contribution in [3.05, 3.63) is 83.2 Å². The average molecular weight is 577 g/mol. The van der Waals surface area contributed by atoms with E-state index in [1.807, 2.05) is 6.07 Å². The number of imidazole rings is 1. The number of benzene rings is 2. The van der Waals surface area contributed by atoms with E-state index in [4.69, 9.17) is 15.5 Å². The van der Waals surface area contributed by atoms with Gasteiger partial charge >= 0.3 is 5.97 Å². The molecule has 5 rings (SSSR count). The third-order valence-electron chi connectivity index (χ3n) is 7.05. The Bertz CT molecular complexity index is 1820. The van der Waals surface area contributed by atoms with Crippen LogP contribution in [-0.4, -0.2) is 35.6 Å². The fourth-order valence-corrected chi connectivity index (χ4v) is 4.73. The van der Waals surface area contributed by atoms with Crippen molar-refractivity contribution in [2.45, 2.75) is 39.2 Å². The summed E-state index contributed by atoms with van der Waals surface area (Å²) >= 11 is 0. The van der Waals surface area contributed by atoms with Gasteiger partial charge in [-0.2, -0.15) is 4.98 Å². The second-order valence-electron chi connectivity index (χ2n) is 10.3. The minimum atomic E-state index is -2.83. The molecule has 9 nitrogen and oxygen atoms in total. The minimum Gasteiger partial charge on any atom is -0.481 e. The van der Waals surface area contributed by atoms with E-state index in [-0.39, 0.29) is 29.7 Å². The number of anilines is 1. The third kappa shape index (κ3) is 5.22. The number of nitrogens with two attached hydrogens (primary N) is 1. The Balaban J connectivity index is 1.65. The van der Waals surface area contributed by atoms with Gasteiger partial charge in [0.1, 0.15) is 23.9 Å². The quantitative estimate of drug-likeness (QED) is 0.230. The first kappa shape index (κ1) is 28.5. The van der Waals surface area contributed by atoms with E-state index in [9.17, 15) is 23.1 Å². The number of para-hydroxylation sites is 1. The van der Waals surface area contributed by atoms with Crippen LogP contribution in [0.25, 0.3) is 33.4 Å². The van der Waals surface area contributed by atoms with Crippen molar-refractivity contribution in [3.63, 3.8) is 0 Å². The lowest BCUT2D eigenvalue weighted by atomic mass is 9.84. The molecule has 3 N–H and O–H groups in total. The molecule has 0 radical (unpaired) electrons. The molecule has 2 aromatic carbocycles. The van der Waals surface area contributed by atoms with Crippen LogP contribution < -0.4 is 10.5 Å². The lowest BCUT2D eigenvalue weighted by molar-refractivity contribution is -0.142. The van der Waals surface area contributed by atoms with Crippen molar-refractivity contribution in [1.82, 2.24) is 24.5 Å². The number of hydrogen-bond donors (Lipinski definition) is 2. The highest BCUT2D eigenvalue weighted by atomic mass is 19.3. The van der Waals surface area contributed by atoms with Gasteiger partial charge in [-0.1, -0.05) is 12.1 Å². The normalized spacial score (nSPS) is 11.8. The number of ether oxygens (including phenoxy) is 1. The summed E-state index contributed by atoms with van der Waals surface area (Å²) in [6.07, 6.45) is -2.83. The number of aromatic nitrogens is 5. The van der Waals surface area contributed by atoms with Crippen LogP contribution in [0.2, 0.25) is 0 Å². The molecule has 0 unspecified atom stereocenters. The summed E-state index contributed by atoms with van der Waals surface area (Å²) in [7, 11) is 1.77. The molecule has 0 saturated carbocycles. The highest BCUT2D eigenvalue weighted by Gasteiger charge is 2.32. The number of carbonyl (C=O) groups is 1. The molecule has 0 aliphatic carbocycles. The topological polar surface area (TPSA) is 129 Å². The SMILES string of the molecule is Cc1cc(-c2c(OCc3nc4c(C(C)(C)C(=O)O)cccc4n3C)nc(N)nc2-c2ccc(F)cc2)cc(C(F)F)n1. The molecule has 0 fully saturated rings. The van der Waals surface area contributed by atoms with E-state index in [1.165, 1.54) is 30.3 Å². The van der Waals surface area contributed by atoms with Gasteiger partial charge in [0, 0.05) is 18.3 Å². The van der Waals surface area contributed by atoms with Crippen molar-refractivity contribution in [3.8, 4) is 28.3 Å². The van der Waals surface area contributed by atoms with E-state index in [0.717, 1.165) is 0 Å². The van der Waals surface area contributed by atoms with Crippen molar-refractivity contribution >= 4 is 23.0 Å². The number of aliphatic carboxylic acids is 1. The number of halogens is 3. The van der Waals surface area contributed by atoms with Gasteiger partial charge in [0.05, 0.1) is 27.7 Å². The summed E-state index contributed by atoms with van der Waals surface area (Å²) in [5, 5.41) is 9.80. The van der Waals surface area contributed by atoms with E-state index >= 15 is 0 Å². The number of nitrogens with zero attached hydrogens (tertiary/aromatic N) is 5. The maximum atomic E-state index is 13.7. The Morgan fingerprint density at radius 3 is 2.43 bits per heavy atom. The summed E-state index contributed by atoms with van der Waals surface area (Å²) in [6.45, 7) is 4.66. The summed E-state index contributed by atoms with van der Waals surface area (Å²) in [5.41, 5.74) is 7.75. The molecule has 216 valence electrons. The lowest BCUT2D eigenvalue weighted by Crippen LogP contribution is -2.28. The molecule has 5 aromatic rings. The van der Waals surface area contributed by atoms with E-state index < -0.39 is 29.3 Å². The van der Waals surface area contributed by atoms with Gasteiger partial charge in [-0.25, -0.2) is 23.1 Å². The van der Waals surface area contributed by atoms with Crippen molar-refractivity contribution in [2.24, 2.45) is 7.05 Å². The van der Waals surface area contributed by atoms with Crippen LogP contribution in [0.5, 0.6) is 5.88 Å².